The number of pyridine rings is 1. The highest BCUT2D eigenvalue weighted by Gasteiger charge is 2.26. The molecule has 3 rings (SSSR count). The molecule has 0 radical (unpaired) electrons. The minimum atomic E-state index is -0.665. The number of hydrogen-bond donors (Lipinski definition) is 2. The first-order valence-electron chi connectivity index (χ1n) is 19.4. The minimum Gasteiger partial charge on any atom is -0.459 e. The Bertz CT molecular complexity index is 1560. The molecule has 0 unspecified atom stereocenters. The van der Waals surface area contributed by atoms with Crippen molar-refractivity contribution in [1.82, 2.24) is 30.0 Å². The van der Waals surface area contributed by atoms with Crippen LogP contribution in [0.3, 0.4) is 0 Å². The molecule has 16 nitrogen and oxygen atoms in total. The van der Waals surface area contributed by atoms with E-state index in [2.05, 4.69) is 15.8 Å². The van der Waals surface area contributed by atoms with Gasteiger partial charge in [0.15, 0.2) is 0 Å². The van der Waals surface area contributed by atoms with E-state index in [1.54, 1.807) is 12.1 Å². The Morgan fingerprint density at radius 3 is 1.35 bits per heavy atom. The van der Waals surface area contributed by atoms with Crippen molar-refractivity contribution in [2.24, 2.45) is 0 Å². The summed E-state index contributed by atoms with van der Waals surface area (Å²) in [6.07, 6.45) is 1.37. The average molecular weight is 798 g/mol. The molecule has 16 heteroatoms. The second kappa shape index (κ2) is 21.8. The van der Waals surface area contributed by atoms with E-state index in [1.165, 1.54) is 6.20 Å². The first kappa shape index (κ1) is 46.7. The largest absolute Gasteiger partial charge is 0.459 e. The van der Waals surface area contributed by atoms with E-state index in [9.17, 15) is 24.0 Å². The molecule has 2 aromatic rings. The molecule has 1 aliphatic rings. The Morgan fingerprint density at radius 1 is 0.579 bits per heavy atom. The quantitative estimate of drug-likeness (QED) is 0.172. The Morgan fingerprint density at radius 2 is 0.982 bits per heavy atom. The Hall–Kier alpha value is -4.64. The predicted octanol–water partition coefficient (Wildman–Crippen LogP) is 3.13. The number of nitrogens with one attached hydrogen (secondary N) is 2. The summed E-state index contributed by atoms with van der Waals surface area (Å²) < 4.78 is 22.2. The predicted molar refractivity (Wildman–Crippen MR) is 215 cm³/mol. The number of hydrogen-bond acceptors (Lipinski definition) is 15. The fourth-order valence-corrected chi connectivity index (χ4v) is 5.65. The molecule has 1 aromatic carbocycles. The SMILES string of the molecule is CC(C)(C)OC(=O)CN1CCN(CC(=O)NNc2ccc(C(=O)OCc3ccccc3)cn2)CCN(CC(=O)OC(C)(C)C)CCN(CC(=O)OC(C)(C)C)CC1. The van der Waals surface area contributed by atoms with Gasteiger partial charge in [0.2, 0.25) is 0 Å². The molecule has 57 heavy (non-hydrogen) atoms. The molecule has 316 valence electrons. The summed E-state index contributed by atoms with van der Waals surface area (Å²) >= 11 is 0. The summed E-state index contributed by atoms with van der Waals surface area (Å²) in [6, 6.07) is 12.5. The van der Waals surface area contributed by atoms with Crippen LogP contribution >= 0.6 is 0 Å². The lowest BCUT2D eigenvalue weighted by molar-refractivity contribution is -0.158. The first-order valence-corrected chi connectivity index (χ1v) is 19.4. The van der Waals surface area contributed by atoms with Crippen molar-refractivity contribution >= 4 is 35.6 Å². The van der Waals surface area contributed by atoms with Crippen LogP contribution in [0.25, 0.3) is 0 Å². The molecule has 1 fully saturated rings. The van der Waals surface area contributed by atoms with Gasteiger partial charge >= 0.3 is 23.9 Å². The number of ether oxygens (including phenoxy) is 4. The van der Waals surface area contributed by atoms with Crippen LogP contribution in [0.2, 0.25) is 0 Å². The number of anilines is 1. The van der Waals surface area contributed by atoms with Crippen LogP contribution in [0.4, 0.5) is 5.82 Å². The maximum atomic E-state index is 13.3. The Balaban J connectivity index is 1.71. The van der Waals surface area contributed by atoms with Gasteiger partial charge in [0.1, 0.15) is 29.2 Å². The van der Waals surface area contributed by atoms with Crippen molar-refractivity contribution in [3.8, 4) is 0 Å². The maximum Gasteiger partial charge on any atom is 0.340 e. The second-order valence-corrected chi connectivity index (χ2v) is 17.0. The number of carbonyl (C=O) groups excluding carboxylic acids is 5. The summed E-state index contributed by atoms with van der Waals surface area (Å²) in [5, 5.41) is 0. The number of benzene rings is 1. The maximum absolute atomic E-state index is 13.3. The standard InChI is InChI=1S/C41H63N7O9/c1-39(2,3)55-35(50)27-46-19-17-45(26-34(49)44-43-33-16-15-32(25-42-33)38(53)54-30-31-13-11-10-12-14-31)18-20-47(28-36(51)56-40(4,5)6)22-24-48(23-21-46)29-37(52)57-41(7,8)9/h10-16,25H,17-24,26-30H2,1-9H3,(H,42,43)(H,44,49). The van der Waals surface area contributed by atoms with Crippen LogP contribution in [0, 0.1) is 0 Å². The Labute approximate surface area is 337 Å². The molecule has 0 aliphatic carbocycles. The van der Waals surface area contributed by atoms with Crippen molar-refractivity contribution in [2.45, 2.75) is 85.7 Å². The normalized spacial score (nSPS) is 16.0. The highest BCUT2D eigenvalue weighted by Crippen LogP contribution is 2.12. The molecule has 0 spiro atoms. The number of aromatic nitrogens is 1. The zero-order valence-corrected chi connectivity index (χ0v) is 35.2. The molecular weight excluding hydrogens is 734 g/mol. The van der Waals surface area contributed by atoms with E-state index in [1.807, 2.05) is 112 Å². The fraction of sp³-hybridized carbons (Fsp3) is 0.610. The lowest BCUT2D eigenvalue weighted by atomic mass is 10.2. The minimum absolute atomic E-state index is 0.0117. The van der Waals surface area contributed by atoms with Gasteiger partial charge in [0, 0.05) is 58.6 Å². The first-order chi connectivity index (χ1) is 26.6. The molecular formula is C41H63N7O9. The van der Waals surface area contributed by atoms with Crippen LogP contribution in [0.5, 0.6) is 0 Å². The van der Waals surface area contributed by atoms with Crippen LogP contribution < -0.4 is 10.9 Å². The summed E-state index contributed by atoms with van der Waals surface area (Å²) in [7, 11) is 0. The highest BCUT2D eigenvalue weighted by atomic mass is 16.6. The van der Waals surface area contributed by atoms with Crippen molar-refractivity contribution in [1.29, 1.82) is 0 Å². The summed E-state index contributed by atoms with van der Waals surface area (Å²) in [5.74, 6) is -1.68. The van der Waals surface area contributed by atoms with Gasteiger partial charge in [-0.15, -0.1) is 0 Å². The molecule has 1 aliphatic heterocycles. The summed E-state index contributed by atoms with van der Waals surface area (Å²) in [4.78, 5) is 76.7. The van der Waals surface area contributed by atoms with Crippen molar-refractivity contribution in [3.63, 3.8) is 0 Å². The van der Waals surface area contributed by atoms with E-state index in [4.69, 9.17) is 18.9 Å². The van der Waals surface area contributed by atoms with Gasteiger partial charge in [-0.3, -0.25) is 49.6 Å². The number of rotatable bonds is 13. The van der Waals surface area contributed by atoms with Crippen LogP contribution in [0.1, 0.15) is 78.2 Å². The number of hydrazine groups is 1. The second-order valence-electron chi connectivity index (χ2n) is 17.0. The van der Waals surface area contributed by atoms with Gasteiger partial charge < -0.3 is 18.9 Å². The monoisotopic (exact) mass is 797 g/mol. The van der Waals surface area contributed by atoms with Crippen molar-refractivity contribution in [3.05, 3.63) is 59.8 Å². The van der Waals surface area contributed by atoms with E-state index < -0.39 is 22.8 Å². The molecule has 0 saturated carbocycles. The molecule has 2 N–H and O–H groups in total. The topological polar surface area (TPSA) is 172 Å². The lowest BCUT2D eigenvalue weighted by Gasteiger charge is -2.34. The van der Waals surface area contributed by atoms with Crippen molar-refractivity contribution in [2.75, 3.05) is 84.0 Å². The third kappa shape index (κ3) is 20.4. The third-order valence-electron chi connectivity index (χ3n) is 8.16. The van der Waals surface area contributed by atoms with Gasteiger partial charge in [0.25, 0.3) is 5.91 Å². The number of carbonyl (C=O) groups is 5. The molecule has 1 aromatic heterocycles. The Kier molecular flexibility index (Phi) is 17.8. The van der Waals surface area contributed by atoms with Crippen LogP contribution in [0.15, 0.2) is 48.7 Å². The van der Waals surface area contributed by atoms with Crippen LogP contribution in [-0.2, 0) is 44.7 Å². The van der Waals surface area contributed by atoms with Gasteiger partial charge in [-0.1, -0.05) is 30.3 Å². The van der Waals surface area contributed by atoms with E-state index >= 15 is 0 Å². The van der Waals surface area contributed by atoms with Gasteiger partial charge in [0.05, 0.1) is 31.7 Å². The number of nitrogens with zero attached hydrogens (tertiary/aromatic N) is 5. The molecule has 1 saturated heterocycles. The van der Waals surface area contributed by atoms with Gasteiger partial charge in [-0.05, 0) is 80.0 Å². The molecule has 1 amide bonds. The molecule has 2 heterocycles. The highest BCUT2D eigenvalue weighted by molar-refractivity contribution is 5.89. The smallest absolute Gasteiger partial charge is 0.340 e. The van der Waals surface area contributed by atoms with Gasteiger partial charge in [-0.25, -0.2) is 9.78 Å². The summed E-state index contributed by atoms with van der Waals surface area (Å²) in [5.41, 5.74) is 4.62. The number of amides is 1. The van der Waals surface area contributed by atoms with E-state index in [0.717, 1.165) is 5.56 Å². The molecule has 0 atom stereocenters. The van der Waals surface area contributed by atoms with Crippen LogP contribution in [-0.4, -0.2) is 150 Å². The van der Waals surface area contributed by atoms with Gasteiger partial charge in [-0.2, -0.15) is 0 Å². The van der Waals surface area contributed by atoms with Crippen molar-refractivity contribution < 1.29 is 42.9 Å². The average Bonchev–Trinajstić information content (AvgIpc) is 3.09. The summed E-state index contributed by atoms with van der Waals surface area (Å²) in [6.45, 7) is 19.9. The molecule has 0 bridgehead atoms. The number of esters is 4. The zero-order chi connectivity index (χ0) is 42.2. The zero-order valence-electron chi connectivity index (χ0n) is 35.2. The third-order valence-corrected chi connectivity index (χ3v) is 8.16. The van der Waals surface area contributed by atoms with E-state index in [0.29, 0.717) is 58.2 Å². The van der Waals surface area contributed by atoms with E-state index in [-0.39, 0.29) is 62.2 Å². The fourth-order valence-electron chi connectivity index (χ4n) is 5.65. The lowest BCUT2D eigenvalue weighted by Crippen LogP contribution is -2.50.